The van der Waals surface area contributed by atoms with E-state index in [1.807, 2.05) is 19.9 Å². The quantitative estimate of drug-likeness (QED) is 0.871. The molecule has 18 heavy (non-hydrogen) atoms. The molecular formula is C13H22N4O. The smallest absolute Gasteiger partial charge is 0.223 e. The summed E-state index contributed by atoms with van der Waals surface area (Å²) in [7, 11) is 0. The summed E-state index contributed by atoms with van der Waals surface area (Å²) in [6, 6.07) is 2.45. The zero-order valence-electron chi connectivity index (χ0n) is 11.4. The molecule has 0 bridgehead atoms. The predicted octanol–water partition coefficient (Wildman–Crippen LogP) is 1.23. The van der Waals surface area contributed by atoms with Crippen LogP contribution in [-0.4, -0.2) is 53.8 Å². The van der Waals surface area contributed by atoms with Gasteiger partial charge >= 0.3 is 0 Å². The molecule has 2 heterocycles. The Morgan fingerprint density at radius 2 is 1.89 bits per heavy atom. The maximum atomic E-state index is 5.36. The number of nitrogens with zero attached hydrogens (tertiary/aromatic N) is 3. The average Bonchev–Trinajstić information content (AvgIpc) is 2.36. The van der Waals surface area contributed by atoms with Crippen molar-refractivity contribution in [2.45, 2.75) is 26.8 Å². The van der Waals surface area contributed by atoms with Crippen LogP contribution in [-0.2, 0) is 4.74 Å². The first kappa shape index (κ1) is 13.2. The van der Waals surface area contributed by atoms with Crippen LogP contribution in [0.2, 0.25) is 0 Å². The average molecular weight is 250 g/mol. The topological polar surface area (TPSA) is 50.3 Å². The molecule has 1 aliphatic rings. The largest absolute Gasteiger partial charge is 0.379 e. The van der Waals surface area contributed by atoms with E-state index in [1.165, 1.54) is 0 Å². The highest BCUT2D eigenvalue weighted by atomic mass is 16.5. The van der Waals surface area contributed by atoms with Crippen molar-refractivity contribution in [3.8, 4) is 0 Å². The van der Waals surface area contributed by atoms with Gasteiger partial charge in [0.05, 0.1) is 13.2 Å². The van der Waals surface area contributed by atoms with E-state index in [0.717, 1.165) is 50.2 Å². The van der Waals surface area contributed by atoms with E-state index in [0.29, 0.717) is 6.04 Å². The van der Waals surface area contributed by atoms with Gasteiger partial charge < -0.3 is 10.1 Å². The molecule has 0 radical (unpaired) electrons. The Morgan fingerprint density at radius 3 is 2.50 bits per heavy atom. The van der Waals surface area contributed by atoms with Gasteiger partial charge in [-0.15, -0.1) is 0 Å². The number of rotatable bonds is 4. The molecule has 0 aliphatic carbocycles. The zero-order chi connectivity index (χ0) is 13.0. The van der Waals surface area contributed by atoms with Crippen LogP contribution < -0.4 is 5.32 Å². The summed E-state index contributed by atoms with van der Waals surface area (Å²) in [6.07, 6.45) is 0. The second-order valence-electron chi connectivity index (χ2n) is 4.85. The molecule has 1 aliphatic heterocycles. The van der Waals surface area contributed by atoms with Crippen molar-refractivity contribution in [2.75, 3.05) is 38.2 Å². The van der Waals surface area contributed by atoms with Gasteiger partial charge in [-0.1, -0.05) is 0 Å². The Hall–Kier alpha value is -1.20. The molecule has 0 saturated carbocycles. The van der Waals surface area contributed by atoms with E-state index >= 15 is 0 Å². The Bertz CT molecular complexity index is 370. The number of aryl methyl sites for hydroxylation is 2. The Labute approximate surface area is 109 Å². The van der Waals surface area contributed by atoms with Gasteiger partial charge in [0.15, 0.2) is 0 Å². The SMILES string of the molecule is Cc1cc(C)nc(NC[C@@H](C)N2CCOCC2)n1. The maximum absolute atomic E-state index is 5.36. The molecule has 1 aromatic heterocycles. The third-order valence-corrected chi connectivity index (χ3v) is 3.21. The van der Waals surface area contributed by atoms with E-state index in [-0.39, 0.29) is 0 Å². The molecule has 0 unspecified atom stereocenters. The van der Waals surface area contributed by atoms with Crippen molar-refractivity contribution in [3.63, 3.8) is 0 Å². The van der Waals surface area contributed by atoms with Crippen LogP contribution in [0.25, 0.3) is 0 Å². The third kappa shape index (κ3) is 3.65. The summed E-state index contributed by atoms with van der Waals surface area (Å²) in [5.74, 6) is 0.729. The lowest BCUT2D eigenvalue weighted by Gasteiger charge is -2.32. The van der Waals surface area contributed by atoms with Gasteiger partial charge in [0.25, 0.3) is 0 Å². The highest BCUT2D eigenvalue weighted by Crippen LogP contribution is 2.07. The molecular weight excluding hydrogens is 228 g/mol. The first-order chi connectivity index (χ1) is 8.65. The Morgan fingerprint density at radius 1 is 1.28 bits per heavy atom. The molecule has 1 atom stereocenters. The Balaban J connectivity index is 1.86. The van der Waals surface area contributed by atoms with Crippen LogP contribution in [0.3, 0.4) is 0 Å². The van der Waals surface area contributed by atoms with Gasteiger partial charge in [0.2, 0.25) is 5.95 Å². The number of hydrogen-bond donors (Lipinski definition) is 1. The van der Waals surface area contributed by atoms with E-state index in [1.54, 1.807) is 0 Å². The highest BCUT2D eigenvalue weighted by Gasteiger charge is 2.16. The lowest BCUT2D eigenvalue weighted by atomic mass is 10.2. The van der Waals surface area contributed by atoms with Crippen molar-refractivity contribution in [2.24, 2.45) is 0 Å². The lowest BCUT2D eigenvalue weighted by Crippen LogP contribution is -2.45. The summed E-state index contributed by atoms with van der Waals surface area (Å²) in [6.45, 7) is 10.8. The van der Waals surface area contributed by atoms with Crippen molar-refractivity contribution in [1.29, 1.82) is 0 Å². The van der Waals surface area contributed by atoms with E-state index in [2.05, 4.69) is 27.1 Å². The summed E-state index contributed by atoms with van der Waals surface area (Å²) in [4.78, 5) is 11.2. The standard InChI is InChI=1S/C13H22N4O/c1-10-8-11(2)16-13(15-10)14-9-12(3)17-4-6-18-7-5-17/h8,12H,4-7,9H2,1-3H3,(H,14,15,16)/t12-/m1/s1. The third-order valence-electron chi connectivity index (χ3n) is 3.21. The van der Waals surface area contributed by atoms with Crippen LogP contribution >= 0.6 is 0 Å². The van der Waals surface area contributed by atoms with Gasteiger partial charge in [-0.3, -0.25) is 4.90 Å². The minimum Gasteiger partial charge on any atom is -0.379 e. The first-order valence-electron chi connectivity index (χ1n) is 6.53. The molecule has 1 saturated heterocycles. The number of morpholine rings is 1. The zero-order valence-corrected chi connectivity index (χ0v) is 11.4. The van der Waals surface area contributed by atoms with E-state index in [9.17, 15) is 0 Å². The molecule has 1 aromatic rings. The van der Waals surface area contributed by atoms with Gasteiger partial charge in [0.1, 0.15) is 0 Å². The molecule has 0 spiro atoms. The molecule has 100 valence electrons. The fourth-order valence-electron chi connectivity index (χ4n) is 2.19. The molecule has 5 heteroatoms. The number of hydrogen-bond acceptors (Lipinski definition) is 5. The molecule has 1 fully saturated rings. The molecule has 1 N–H and O–H groups in total. The second kappa shape index (κ2) is 6.11. The fraction of sp³-hybridized carbons (Fsp3) is 0.692. The number of nitrogens with one attached hydrogen (secondary N) is 1. The predicted molar refractivity (Wildman–Crippen MR) is 71.8 cm³/mol. The molecule has 2 rings (SSSR count). The van der Waals surface area contributed by atoms with Crippen LogP contribution in [0.4, 0.5) is 5.95 Å². The van der Waals surface area contributed by atoms with Crippen LogP contribution in [0.1, 0.15) is 18.3 Å². The first-order valence-corrected chi connectivity index (χ1v) is 6.53. The summed E-state index contributed by atoms with van der Waals surface area (Å²) < 4.78 is 5.36. The molecule has 5 nitrogen and oxygen atoms in total. The normalized spacial score (nSPS) is 18.6. The number of anilines is 1. The second-order valence-corrected chi connectivity index (χ2v) is 4.85. The van der Waals surface area contributed by atoms with Gasteiger partial charge in [-0.05, 0) is 26.8 Å². The minimum atomic E-state index is 0.471. The van der Waals surface area contributed by atoms with Crippen molar-refractivity contribution >= 4 is 5.95 Å². The molecule has 0 amide bonds. The van der Waals surface area contributed by atoms with Gasteiger partial charge in [-0.2, -0.15) is 0 Å². The Kier molecular flexibility index (Phi) is 4.49. The van der Waals surface area contributed by atoms with Gasteiger partial charge in [0, 0.05) is 37.1 Å². The van der Waals surface area contributed by atoms with E-state index in [4.69, 9.17) is 4.74 Å². The maximum Gasteiger partial charge on any atom is 0.223 e. The van der Waals surface area contributed by atoms with Crippen LogP contribution in [0, 0.1) is 13.8 Å². The van der Waals surface area contributed by atoms with E-state index < -0.39 is 0 Å². The minimum absolute atomic E-state index is 0.471. The van der Waals surface area contributed by atoms with Gasteiger partial charge in [-0.25, -0.2) is 9.97 Å². The summed E-state index contributed by atoms with van der Waals surface area (Å²) >= 11 is 0. The van der Waals surface area contributed by atoms with Crippen molar-refractivity contribution in [1.82, 2.24) is 14.9 Å². The fourth-order valence-corrected chi connectivity index (χ4v) is 2.19. The monoisotopic (exact) mass is 250 g/mol. The number of aromatic nitrogens is 2. The lowest BCUT2D eigenvalue weighted by molar-refractivity contribution is 0.0227. The van der Waals surface area contributed by atoms with Crippen molar-refractivity contribution < 1.29 is 4.74 Å². The summed E-state index contributed by atoms with van der Waals surface area (Å²) in [5.41, 5.74) is 2.01. The molecule has 0 aromatic carbocycles. The van der Waals surface area contributed by atoms with Crippen LogP contribution in [0.5, 0.6) is 0 Å². The van der Waals surface area contributed by atoms with Crippen molar-refractivity contribution in [3.05, 3.63) is 17.5 Å². The number of ether oxygens (including phenoxy) is 1. The summed E-state index contributed by atoms with van der Waals surface area (Å²) in [5, 5.41) is 3.32. The highest BCUT2D eigenvalue weighted by molar-refractivity contribution is 5.27. The van der Waals surface area contributed by atoms with Crippen LogP contribution in [0.15, 0.2) is 6.07 Å².